The number of thiazole rings is 1. The van der Waals surface area contributed by atoms with Crippen molar-refractivity contribution in [2.75, 3.05) is 6.54 Å². The molecule has 0 saturated carbocycles. The van der Waals surface area contributed by atoms with E-state index in [-0.39, 0.29) is 5.82 Å². The number of benzene rings is 1. The maximum atomic E-state index is 13.1. The summed E-state index contributed by atoms with van der Waals surface area (Å²) in [5.74, 6) is -0.125. The molecule has 0 radical (unpaired) electrons. The standard InChI is InChI=1S/C13H13FN2S/c14-12-2-1-11-7-16(4-3-10(11)5-12)8-13-6-15-9-17-13/h1-2,5-6,9H,3-4,7-8H2. The van der Waals surface area contributed by atoms with Crippen molar-refractivity contribution in [1.82, 2.24) is 9.88 Å². The summed E-state index contributed by atoms with van der Waals surface area (Å²) >= 11 is 1.69. The summed E-state index contributed by atoms with van der Waals surface area (Å²) in [5, 5.41) is 0. The van der Waals surface area contributed by atoms with Gasteiger partial charge in [0.2, 0.25) is 0 Å². The summed E-state index contributed by atoms with van der Waals surface area (Å²) in [6, 6.07) is 5.12. The van der Waals surface area contributed by atoms with Crippen molar-refractivity contribution >= 4 is 11.3 Å². The number of nitrogens with zero attached hydrogens (tertiary/aromatic N) is 2. The van der Waals surface area contributed by atoms with E-state index in [1.54, 1.807) is 23.5 Å². The van der Waals surface area contributed by atoms with Crippen molar-refractivity contribution in [3.05, 3.63) is 51.7 Å². The molecule has 1 aliphatic rings. The Morgan fingerprint density at radius 3 is 3.12 bits per heavy atom. The van der Waals surface area contributed by atoms with E-state index in [1.807, 2.05) is 17.8 Å². The number of rotatable bonds is 2. The molecule has 0 spiro atoms. The molecule has 1 aromatic heterocycles. The minimum absolute atomic E-state index is 0.125. The minimum Gasteiger partial charge on any atom is -0.294 e. The van der Waals surface area contributed by atoms with Gasteiger partial charge in [0.05, 0.1) is 5.51 Å². The number of fused-ring (bicyclic) bond motifs is 1. The van der Waals surface area contributed by atoms with E-state index in [2.05, 4.69) is 9.88 Å². The first-order valence-electron chi connectivity index (χ1n) is 5.68. The van der Waals surface area contributed by atoms with Crippen molar-refractivity contribution in [1.29, 1.82) is 0 Å². The quantitative estimate of drug-likeness (QED) is 0.812. The van der Waals surface area contributed by atoms with Crippen LogP contribution in [0.1, 0.15) is 16.0 Å². The fourth-order valence-corrected chi connectivity index (χ4v) is 2.89. The topological polar surface area (TPSA) is 16.1 Å². The highest BCUT2D eigenvalue weighted by Crippen LogP contribution is 2.22. The van der Waals surface area contributed by atoms with E-state index >= 15 is 0 Å². The first-order valence-corrected chi connectivity index (χ1v) is 6.56. The number of halogens is 1. The Morgan fingerprint density at radius 2 is 2.29 bits per heavy atom. The Hall–Kier alpha value is -1.26. The van der Waals surface area contributed by atoms with Crippen LogP contribution in [0, 0.1) is 5.82 Å². The highest BCUT2D eigenvalue weighted by Gasteiger charge is 2.16. The summed E-state index contributed by atoms with van der Waals surface area (Å²) in [4.78, 5) is 7.76. The van der Waals surface area contributed by atoms with Crippen molar-refractivity contribution in [2.24, 2.45) is 0 Å². The van der Waals surface area contributed by atoms with E-state index in [9.17, 15) is 4.39 Å². The van der Waals surface area contributed by atoms with Crippen molar-refractivity contribution in [2.45, 2.75) is 19.5 Å². The molecule has 0 atom stereocenters. The summed E-state index contributed by atoms with van der Waals surface area (Å²) in [6.45, 7) is 2.85. The molecule has 0 bridgehead atoms. The molecular weight excluding hydrogens is 235 g/mol. The van der Waals surface area contributed by atoms with E-state index in [0.717, 1.165) is 31.6 Å². The molecule has 2 aromatic rings. The number of hydrogen-bond donors (Lipinski definition) is 0. The van der Waals surface area contributed by atoms with Gasteiger partial charge in [0, 0.05) is 30.7 Å². The van der Waals surface area contributed by atoms with Crippen molar-refractivity contribution < 1.29 is 4.39 Å². The minimum atomic E-state index is -0.125. The van der Waals surface area contributed by atoms with Crippen molar-refractivity contribution in [3.8, 4) is 0 Å². The first-order chi connectivity index (χ1) is 8.31. The summed E-state index contributed by atoms with van der Waals surface area (Å²) in [7, 11) is 0. The lowest BCUT2D eigenvalue weighted by Crippen LogP contribution is -2.29. The summed E-state index contributed by atoms with van der Waals surface area (Å²) in [5.41, 5.74) is 4.27. The number of hydrogen-bond acceptors (Lipinski definition) is 3. The molecule has 0 amide bonds. The molecule has 1 aromatic carbocycles. The number of aromatic nitrogens is 1. The SMILES string of the molecule is Fc1ccc2c(c1)CCN(Cc1cncs1)C2. The third kappa shape index (κ3) is 2.37. The Kier molecular flexibility index (Phi) is 2.91. The first kappa shape index (κ1) is 10.9. The van der Waals surface area contributed by atoms with Gasteiger partial charge in [-0.3, -0.25) is 9.88 Å². The van der Waals surface area contributed by atoms with E-state index < -0.39 is 0 Å². The highest BCUT2D eigenvalue weighted by atomic mass is 32.1. The van der Waals surface area contributed by atoms with Crippen LogP contribution >= 0.6 is 11.3 Å². The molecule has 3 rings (SSSR count). The Morgan fingerprint density at radius 1 is 1.35 bits per heavy atom. The van der Waals surface area contributed by atoms with Gasteiger partial charge in [-0.25, -0.2) is 4.39 Å². The van der Waals surface area contributed by atoms with Crippen LogP contribution in [0.5, 0.6) is 0 Å². The molecule has 0 fully saturated rings. The van der Waals surface area contributed by atoms with Gasteiger partial charge in [0.15, 0.2) is 0 Å². The predicted molar refractivity (Wildman–Crippen MR) is 66.3 cm³/mol. The normalized spacial score (nSPS) is 15.8. The van der Waals surface area contributed by atoms with Gasteiger partial charge < -0.3 is 0 Å². The van der Waals surface area contributed by atoms with Crippen LogP contribution in [0.15, 0.2) is 29.9 Å². The Bertz CT molecular complexity index is 510. The fourth-order valence-electron chi connectivity index (χ4n) is 2.26. The zero-order valence-corrected chi connectivity index (χ0v) is 10.2. The molecule has 2 heterocycles. The van der Waals surface area contributed by atoms with Gasteiger partial charge in [0.1, 0.15) is 5.82 Å². The van der Waals surface area contributed by atoms with Gasteiger partial charge in [-0.15, -0.1) is 11.3 Å². The second-order valence-corrected chi connectivity index (χ2v) is 5.31. The third-order valence-corrected chi connectivity index (χ3v) is 3.89. The molecule has 2 nitrogen and oxygen atoms in total. The lowest BCUT2D eigenvalue weighted by molar-refractivity contribution is 0.247. The molecule has 0 aliphatic carbocycles. The third-order valence-electron chi connectivity index (χ3n) is 3.12. The smallest absolute Gasteiger partial charge is 0.123 e. The lowest BCUT2D eigenvalue weighted by Gasteiger charge is -2.28. The van der Waals surface area contributed by atoms with Crippen molar-refractivity contribution in [3.63, 3.8) is 0 Å². The average molecular weight is 248 g/mol. The molecule has 4 heteroatoms. The van der Waals surface area contributed by atoms with Gasteiger partial charge >= 0.3 is 0 Å². The molecular formula is C13H13FN2S. The largest absolute Gasteiger partial charge is 0.294 e. The van der Waals surface area contributed by atoms with Crippen LogP contribution in [0.3, 0.4) is 0 Å². The Balaban J connectivity index is 1.74. The molecule has 0 unspecified atom stereocenters. The molecule has 17 heavy (non-hydrogen) atoms. The van der Waals surface area contributed by atoms with E-state index in [1.165, 1.54) is 10.4 Å². The second-order valence-electron chi connectivity index (χ2n) is 4.34. The molecule has 88 valence electrons. The zero-order chi connectivity index (χ0) is 11.7. The lowest BCUT2D eigenvalue weighted by atomic mass is 10.00. The average Bonchev–Trinajstić information content (AvgIpc) is 2.82. The zero-order valence-electron chi connectivity index (χ0n) is 9.40. The summed E-state index contributed by atoms with van der Waals surface area (Å²) < 4.78 is 13.1. The van der Waals surface area contributed by atoms with Crippen LogP contribution in [0.25, 0.3) is 0 Å². The maximum absolute atomic E-state index is 13.1. The predicted octanol–water partition coefficient (Wildman–Crippen LogP) is 2.84. The van der Waals surface area contributed by atoms with Crippen LogP contribution < -0.4 is 0 Å². The second kappa shape index (κ2) is 4.55. The van der Waals surface area contributed by atoms with Crippen LogP contribution in [-0.2, 0) is 19.5 Å². The molecule has 1 aliphatic heterocycles. The van der Waals surface area contributed by atoms with Gasteiger partial charge in [-0.1, -0.05) is 6.07 Å². The van der Waals surface area contributed by atoms with Crippen LogP contribution in [0.4, 0.5) is 4.39 Å². The van der Waals surface area contributed by atoms with Gasteiger partial charge in [0.25, 0.3) is 0 Å². The molecule has 0 N–H and O–H groups in total. The fraction of sp³-hybridized carbons (Fsp3) is 0.308. The van der Waals surface area contributed by atoms with Gasteiger partial charge in [-0.2, -0.15) is 0 Å². The highest BCUT2D eigenvalue weighted by molar-refractivity contribution is 7.09. The van der Waals surface area contributed by atoms with E-state index in [0.29, 0.717) is 0 Å². The van der Waals surface area contributed by atoms with E-state index in [4.69, 9.17) is 0 Å². The summed E-state index contributed by atoms with van der Waals surface area (Å²) in [6.07, 6.45) is 2.86. The van der Waals surface area contributed by atoms with Crippen LogP contribution in [0.2, 0.25) is 0 Å². The van der Waals surface area contributed by atoms with Crippen LogP contribution in [-0.4, -0.2) is 16.4 Å². The maximum Gasteiger partial charge on any atom is 0.123 e. The monoisotopic (exact) mass is 248 g/mol. The Labute approximate surface area is 104 Å². The van der Waals surface area contributed by atoms with Gasteiger partial charge in [-0.05, 0) is 29.7 Å². The molecule has 0 saturated heterocycles.